The van der Waals surface area contributed by atoms with Crippen LogP contribution in [0.2, 0.25) is 0 Å². The molecule has 0 aliphatic rings. The van der Waals surface area contributed by atoms with Crippen LogP contribution in [0.25, 0.3) is 6.08 Å². The molecule has 7 nitrogen and oxygen atoms in total. The second-order valence-electron chi connectivity index (χ2n) is 5.88. The maximum atomic E-state index is 12.2. The van der Waals surface area contributed by atoms with E-state index < -0.39 is 28.4 Å². The number of nitrogens with zero attached hydrogens (tertiary/aromatic N) is 1. The van der Waals surface area contributed by atoms with Crippen LogP contribution in [0.1, 0.15) is 21.5 Å². The molecule has 0 aliphatic heterocycles. The number of aryl methyl sites for hydroxylation is 1. The van der Waals surface area contributed by atoms with Crippen LogP contribution in [0.4, 0.5) is 0 Å². The van der Waals surface area contributed by atoms with Gasteiger partial charge in [0.15, 0.2) is 0 Å². The predicted octanol–water partition coefficient (Wildman–Crippen LogP) is 1.69. The third-order valence-corrected chi connectivity index (χ3v) is 5.14. The van der Waals surface area contributed by atoms with Crippen molar-refractivity contribution in [1.82, 2.24) is 15.2 Å². The number of hydrazine groups is 1. The first-order valence-electron chi connectivity index (χ1n) is 8.13. The Kier molecular flexibility index (Phi) is 6.86. The molecule has 0 aliphatic carbocycles. The molecule has 142 valence electrons. The number of carbonyl (C=O) groups is 2. The van der Waals surface area contributed by atoms with E-state index in [4.69, 9.17) is 0 Å². The van der Waals surface area contributed by atoms with Gasteiger partial charge in [0.05, 0.1) is 6.54 Å². The lowest BCUT2D eigenvalue weighted by molar-refractivity contribution is -0.121. The van der Waals surface area contributed by atoms with Gasteiger partial charge in [0.2, 0.25) is 10.0 Å². The molecule has 0 aromatic heterocycles. The van der Waals surface area contributed by atoms with Crippen LogP contribution >= 0.6 is 0 Å². The van der Waals surface area contributed by atoms with Crippen molar-refractivity contribution in [3.8, 4) is 0 Å². The summed E-state index contributed by atoms with van der Waals surface area (Å²) < 4.78 is 25.3. The Morgan fingerprint density at radius 1 is 1.00 bits per heavy atom. The normalized spacial score (nSPS) is 11.5. The molecule has 0 heterocycles. The van der Waals surface area contributed by atoms with Crippen molar-refractivity contribution in [3.63, 3.8) is 0 Å². The van der Waals surface area contributed by atoms with Crippen molar-refractivity contribution in [3.05, 3.63) is 76.7 Å². The maximum absolute atomic E-state index is 12.2. The fourth-order valence-electron chi connectivity index (χ4n) is 2.07. The zero-order valence-corrected chi connectivity index (χ0v) is 15.9. The molecule has 2 rings (SSSR count). The average Bonchev–Trinajstić information content (AvgIpc) is 2.66. The highest BCUT2D eigenvalue weighted by molar-refractivity contribution is 7.92. The number of hydrogen-bond donors (Lipinski definition) is 2. The second-order valence-corrected chi connectivity index (χ2v) is 7.81. The molecule has 0 fully saturated rings. The lowest BCUT2D eigenvalue weighted by Crippen LogP contribution is -2.46. The maximum Gasteiger partial charge on any atom is 0.269 e. The summed E-state index contributed by atoms with van der Waals surface area (Å²) in [5, 5.41) is 1.03. The van der Waals surface area contributed by atoms with Crippen molar-refractivity contribution >= 4 is 27.9 Å². The SMILES string of the molecule is Cc1ccc(C(=O)NNC(=O)CN(C)S(=O)(=O)/C=C/c2ccccc2)cc1. The molecule has 0 unspecified atom stereocenters. The van der Waals surface area contributed by atoms with Gasteiger partial charge in [-0.2, -0.15) is 4.31 Å². The highest BCUT2D eigenvalue weighted by atomic mass is 32.2. The summed E-state index contributed by atoms with van der Waals surface area (Å²) in [5.41, 5.74) is 6.57. The monoisotopic (exact) mass is 387 g/mol. The summed E-state index contributed by atoms with van der Waals surface area (Å²) in [6.07, 6.45) is 1.45. The highest BCUT2D eigenvalue weighted by Gasteiger charge is 2.18. The molecular formula is C19H21N3O4S. The summed E-state index contributed by atoms with van der Waals surface area (Å²) in [6, 6.07) is 15.7. The molecular weight excluding hydrogens is 366 g/mol. The second kappa shape index (κ2) is 9.11. The van der Waals surface area contributed by atoms with E-state index >= 15 is 0 Å². The minimum absolute atomic E-state index is 0.382. The standard InChI is InChI=1S/C19H21N3O4S/c1-15-8-10-17(11-9-15)19(24)21-20-18(23)14-22(2)27(25,26)13-12-16-6-4-3-5-7-16/h3-13H,14H2,1-2H3,(H,20,23)(H,21,24)/b13-12+. The van der Waals surface area contributed by atoms with E-state index in [1.807, 2.05) is 13.0 Å². The van der Waals surface area contributed by atoms with E-state index in [9.17, 15) is 18.0 Å². The number of rotatable bonds is 6. The molecule has 2 aromatic rings. The minimum Gasteiger partial charge on any atom is -0.272 e. The van der Waals surface area contributed by atoms with Gasteiger partial charge >= 0.3 is 0 Å². The van der Waals surface area contributed by atoms with Crippen molar-refractivity contribution in [2.75, 3.05) is 13.6 Å². The van der Waals surface area contributed by atoms with Crippen LogP contribution in [-0.2, 0) is 14.8 Å². The minimum atomic E-state index is -3.77. The number of nitrogens with one attached hydrogen (secondary N) is 2. The van der Waals surface area contributed by atoms with Crippen LogP contribution in [0.5, 0.6) is 0 Å². The van der Waals surface area contributed by atoms with E-state index in [0.717, 1.165) is 20.8 Å². The van der Waals surface area contributed by atoms with Gasteiger partial charge in [0.1, 0.15) is 0 Å². The molecule has 0 radical (unpaired) electrons. The van der Waals surface area contributed by atoms with Gasteiger partial charge in [-0.1, -0.05) is 48.0 Å². The Morgan fingerprint density at radius 3 is 2.26 bits per heavy atom. The molecule has 27 heavy (non-hydrogen) atoms. The van der Waals surface area contributed by atoms with Crippen LogP contribution in [0.15, 0.2) is 60.0 Å². The summed E-state index contributed by atoms with van der Waals surface area (Å²) in [6.45, 7) is 1.46. The fourth-order valence-corrected chi connectivity index (χ4v) is 2.90. The summed E-state index contributed by atoms with van der Waals surface area (Å²) in [5.74, 6) is -1.15. The molecule has 2 aromatic carbocycles. The lowest BCUT2D eigenvalue weighted by atomic mass is 10.1. The molecule has 0 atom stereocenters. The zero-order valence-electron chi connectivity index (χ0n) is 15.0. The summed E-state index contributed by atoms with van der Waals surface area (Å²) >= 11 is 0. The van der Waals surface area contributed by atoms with Gasteiger partial charge < -0.3 is 0 Å². The molecule has 2 amide bonds. The zero-order chi connectivity index (χ0) is 19.9. The Bertz CT molecular complexity index is 923. The smallest absolute Gasteiger partial charge is 0.269 e. The number of likely N-dealkylation sites (N-methyl/N-ethyl adjacent to an activating group) is 1. The topological polar surface area (TPSA) is 95.6 Å². The molecule has 8 heteroatoms. The Balaban J connectivity index is 1.87. The third kappa shape index (κ3) is 6.36. The third-order valence-electron chi connectivity index (χ3n) is 3.66. The van der Waals surface area contributed by atoms with E-state index in [1.165, 1.54) is 13.1 Å². The van der Waals surface area contributed by atoms with E-state index in [-0.39, 0.29) is 0 Å². The van der Waals surface area contributed by atoms with Crippen molar-refractivity contribution in [2.45, 2.75) is 6.92 Å². The summed E-state index contributed by atoms with van der Waals surface area (Å²) in [4.78, 5) is 23.8. The van der Waals surface area contributed by atoms with Crippen molar-refractivity contribution in [1.29, 1.82) is 0 Å². The summed E-state index contributed by atoms with van der Waals surface area (Å²) in [7, 11) is -2.49. The van der Waals surface area contributed by atoms with Crippen LogP contribution in [0, 0.1) is 6.92 Å². The molecule has 0 saturated heterocycles. The molecule has 0 saturated carbocycles. The van der Waals surface area contributed by atoms with Gasteiger partial charge in [-0.25, -0.2) is 8.42 Å². The van der Waals surface area contributed by atoms with Gasteiger partial charge in [-0.15, -0.1) is 0 Å². The first-order chi connectivity index (χ1) is 12.8. The van der Waals surface area contributed by atoms with Crippen LogP contribution < -0.4 is 10.9 Å². The van der Waals surface area contributed by atoms with Crippen molar-refractivity contribution in [2.24, 2.45) is 0 Å². The lowest BCUT2D eigenvalue weighted by Gasteiger charge is -2.14. The van der Waals surface area contributed by atoms with Gasteiger partial charge in [-0.05, 0) is 30.7 Å². The fraction of sp³-hybridized carbons (Fsp3) is 0.158. The number of amides is 2. The van der Waals surface area contributed by atoms with Crippen LogP contribution in [-0.4, -0.2) is 38.1 Å². The Hall–Kier alpha value is -2.97. The van der Waals surface area contributed by atoms with E-state index in [2.05, 4.69) is 10.9 Å². The van der Waals surface area contributed by atoms with E-state index in [0.29, 0.717) is 5.56 Å². The highest BCUT2D eigenvalue weighted by Crippen LogP contribution is 2.06. The van der Waals surface area contributed by atoms with Crippen LogP contribution in [0.3, 0.4) is 0 Å². The Morgan fingerprint density at radius 2 is 1.63 bits per heavy atom. The first-order valence-corrected chi connectivity index (χ1v) is 9.63. The predicted molar refractivity (Wildman–Crippen MR) is 104 cm³/mol. The average molecular weight is 387 g/mol. The number of hydrogen-bond acceptors (Lipinski definition) is 4. The van der Waals surface area contributed by atoms with Gasteiger partial charge in [0, 0.05) is 18.0 Å². The number of benzene rings is 2. The number of sulfonamides is 1. The van der Waals surface area contributed by atoms with Gasteiger partial charge in [-0.3, -0.25) is 20.4 Å². The van der Waals surface area contributed by atoms with Gasteiger partial charge in [0.25, 0.3) is 11.8 Å². The Labute approximate surface area is 158 Å². The number of carbonyl (C=O) groups excluding carboxylic acids is 2. The quantitative estimate of drug-likeness (QED) is 0.738. The molecule has 2 N–H and O–H groups in total. The largest absolute Gasteiger partial charge is 0.272 e. The molecule has 0 bridgehead atoms. The molecule has 0 spiro atoms. The van der Waals surface area contributed by atoms with E-state index in [1.54, 1.807) is 48.5 Å². The van der Waals surface area contributed by atoms with Crippen molar-refractivity contribution < 1.29 is 18.0 Å². The first kappa shape index (κ1) is 20.3.